The van der Waals surface area contributed by atoms with Gasteiger partial charge in [0, 0.05) is 22.9 Å². The number of ether oxygens (including phenoxy) is 1. The van der Waals surface area contributed by atoms with E-state index >= 15 is 0 Å². The van der Waals surface area contributed by atoms with Gasteiger partial charge in [0.25, 0.3) is 0 Å². The van der Waals surface area contributed by atoms with Gasteiger partial charge < -0.3 is 22.7 Å². The third kappa shape index (κ3) is 1.60. The summed E-state index contributed by atoms with van der Waals surface area (Å²) in [6, 6.07) is 4.23. The molecule has 1 aromatic rings. The zero-order chi connectivity index (χ0) is 14.4. The number of nitrogens with zero attached hydrogens (tertiary/aromatic N) is 1. The number of phenols is 1. The standard InChI is InChI=1S/C17H19NO3.Ca.2H/c1-18-7-6-17-10-3-5-13(20)16(17)21-15-12(19)4-2-9(14(15)17)8-11(10)18;;;/h2-5,10-11,13,16,19-20H,6-8H2,1H3;;;/q;+2;2*-1/t10-,11+,13-,16-,17-;;;/m0.../s1. The van der Waals surface area contributed by atoms with Crippen molar-refractivity contribution in [3.63, 3.8) is 0 Å². The van der Waals surface area contributed by atoms with Crippen molar-refractivity contribution in [2.75, 3.05) is 13.6 Å². The number of likely N-dealkylation sites (N-methyl/N-ethyl adjacent to an activating group) is 1. The maximum atomic E-state index is 10.4. The largest absolute Gasteiger partial charge is 2.00 e. The molecule has 0 saturated carbocycles. The van der Waals surface area contributed by atoms with Crippen LogP contribution in [0.2, 0.25) is 0 Å². The molecule has 2 aliphatic heterocycles. The molecule has 0 amide bonds. The van der Waals surface area contributed by atoms with E-state index in [1.807, 2.05) is 12.1 Å². The number of hydrogen-bond acceptors (Lipinski definition) is 4. The smallest absolute Gasteiger partial charge is 1.00 e. The number of likely N-dealkylation sites (tertiary alicyclic amines) is 1. The molecule has 0 aromatic heterocycles. The van der Waals surface area contributed by atoms with Gasteiger partial charge >= 0.3 is 37.7 Å². The van der Waals surface area contributed by atoms with E-state index in [9.17, 15) is 10.2 Å². The van der Waals surface area contributed by atoms with Crippen LogP contribution >= 0.6 is 0 Å². The van der Waals surface area contributed by atoms with E-state index in [1.54, 1.807) is 6.07 Å². The second-order valence-electron chi connectivity index (χ2n) is 6.93. The summed E-state index contributed by atoms with van der Waals surface area (Å²) in [5.74, 6) is 1.19. The molecule has 4 aliphatic rings. The molecule has 2 heterocycles. The minimum atomic E-state index is -0.594. The van der Waals surface area contributed by atoms with Gasteiger partial charge in [-0.2, -0.15) is 0 Å². The number of aliphatic hydroxyl groups excluding tert-OH is 1. The molecule has 1 fully saturated rings. The second kappa shape index (κ2) is 4.87. The fraction of sp³-hybridized carbons (Fsp3) is 0.529. The van der Waals surface area contributed by atoms with Crippen molar-refractivity contribution >= 4 is 37.7 Å². The Kier molecular flexibility index (Phi) is 3.38. The number of benzene rings is 1. The predicted octanol–water partition coefficient (Wildman–Crippen LogP) is 1.04. The van der Waals surface area contributed by atoms with Gasteiger partial charge in [0.05, 0.1) is 0 Å². The first-order chi connectivity index (χ1) is 10.1. The molecule has 2 aliphatic carbocycles. The molecule has 1 spiro atoms. The molecule has 22 heavy (non-hydrogen) atoms. The number of rotatable bonds is 0. The van der Waals surface area contributed by atoms with Crippen LogP contribution in [0.5, 0.6) is 11.5 Å². The fourth-order valence-electron chi connectivity index (χ4n) is 5.24. The molecular weight excluding hydrogens is 306 g/mol. The van der Waals surface area contributed by atoms with E-state index in [1.165, 1.54) is 11.1 Å². The Hall–Kier alpha value is -0.260. The van der Waals surface area contributed by atoms with Crippen LogP contribution in [0.1, 0.15) is 20.4 Å². The van der Waals surface area contributed by atoms with Crippen LogP contribution in [0.3, 0.4) is 0 Å². The SMILES string of the molecule is CN1CC[C@]23c4c5ccc(O)c4O[C@H]2[C@@H](O)C=C[C@H]3[C@H]1C5.[Ca+2].[H-].[H-]. The molecule has 0 unspecified atom stereocenters. The zero-order valence-corrected chi connectivity index (χ0v) is 14.9. The summed E-state index contributed by atoms with van der Waals surface area (Å²) in [6.07, 6.45) is 5.18. The van der Waals surface area contributed by atoms with E-state index in [4.69, 9.17) is 4.74 Å². The van der Waals surface area contributed by atoms with E-state index in [2.05, 4.69) is 18.0 Å². The summed E-state index contributed by atoms with van der Waals surface area (Å²) in [5, 5.41) is 20.6. The van der Waals surface area contributed by atoms with Crippen molar-refractivity contribution in [3.05, 3.63) is 35.4 Å². The number of hydrogen-bond donors (Lipinski definition) is 2. The van der Waals surface area contributed by atoms with E-state index in [0.717, 1.165) is 19.4 Å². The molecule has 2 N–H and O–H groups in total. The third-order valence-electron chi connectivity index (χ3n) is 6.15. The summed E-state index contributed by atoms with van der Waals surface area (Å²) in [5.41, 5.74) is 2.29. The summed E-state index contributed by atoms with van der Waals surface area (Å²) in [4.78, 5) is 2.43. The van der Waals surface area contributed by atoms with E-state index in [-0.39, 0.29) is 57.9 Å². The monoisotopic (exact) mass is 327 g/mol. The first kappa shape index (κ1) is 15.3. The molecule has 1 saturated heterocycles. The average molecular weight is 327 g/mol. The Morgan fingerprint density at radius 3 is 3.00 bits per heavy atom. The summed E-state index contributed by atoms with van der Waals surface area (Å²) < 4.78 is 6.09. The number of phenolic OH excluding ortho intramolecular Hbond substituents is 1. The van der Waals surface area contributed by atoms with E-state index in [0.29, 0.717) is 17.7 Å². The normalized spacial score (nSPS) is 40.6. The van der Waals surface area contributed by atoms with Crippen LogP contribution in [0.4, 0.5) is 0 Å². The average Bonchev–Trinajstić information content (AvgIpc) is 2.83. The number of aromatic hydroxyl groups is 1. The van der Waals surface area contributed by atoms with E-state index < -0.39 is 6.10 Å². The van der Waals surface area contributed by atoms with Crippen LogP contribution in [0.25, 0.3) is 0 Å². The van der Waals surface area contributed by atoms with Gasteiger partial charge in [-0.05, 0) is 38.1 Å². The molecule has 2 bridgehead atoms. The molecule has 1 aromatic carbocycles. The molecule has 4 nitrogen and oxygen atoms in total. The fourth-order valence-corrected chi connectivity index (χ4v) is 5.24. The molecule has 5 rings (SSSR count). The first-order valence-electron chi connectivity index (χ1n) is 7.71. The van der Waals surface area contributed by atoms with Crippen molar-refractivity contribution in [2.24, 2.45) is 5.92 Å². The van der Waals surface area contributed by atoms with Gasteiger partial charge in [-0.15, -0.1) is 0 Å². The second-order valence-corrected chi connectivity index (χ2v) is 6.93. The summed E-state index contributed by atoms with van der Waals surface area (Å²) in [6.45, 7) is 1.01. The Morgan fingerprint density at radius 1 is 1.36 bits per heavy atom. The topological polar surface area (TPSA) is 52.9 Å². The Bertz CT molecular complexity index is 686. The van der Waals surface area contributed by atoms with Gasteiger partial charge in [-0.3, -0.25) is 0 Å². The molecule has 114 valence electrons. The van der Waals surface area contributed by atoms with Gasteiger partial charge in [-0.1, -0.05) is 18.2 Å². The quantitative estimate of drug-likeness (QED) is 0.552. The Morgan fingerprint density at radius 2 is 2.18 bits per heavy atom. The van der Waals surface area contributed by atoms with Gasteiger partial charge in [-0.25, -0.2) is 0 Å². The van der Waals surface area contributed by atoms with Crippen LogP contribution in [0, 0.1) is 5.92 Å². The molecule has 5 atom stereocenters. The van der Waals surface area contributed by atoms with Crippen LogP contribution in [0.15, 0.2) is 24.3 Å². The van der Waals surface area contributed by atoms with Crippen molar-refractivity contribution in [1.82, 2.24) is 4.90 Å². The minimum absolute atomic E-state index is 0. The maximum Gasteiger partial charge on any atom is 2.00 e. The summed E-state index contributed by atoms with van der Waals surface area (Å²) >= 11 is 0. The Labute approximate surface area is 162 Å². The zero-order valence-electron chi connectivity index (χ0n) is 14.7. The van der Waals surface area contributed by atoms with Crippen molar-refractivity contribution < 1.29 is 17.8 Å². The number of aliphatic hydroxyl groups is 1. The van der Waals surface area contributed by atoms with Crippen molar-refractivity contribution in [3.8, 4) is 11.5 Å². The number of piperidine rings is 1. The van der Waals surface area contributed by atoms with Crippen molar-refractivity contribution in [1.29, 1.82) is 0 Å². The maximum absolute atomic E-state index is 10.4. The summed E-state index contributed by atoms with van der Waals surface area (Å²) in [7, 11) is 2.19. The molecule has 0 radical (unpaired) electrons. The van der Waals surface area contributed by atoms with Gasteiger partial charge in [0.15, 0.2) is 11.5 Å². The van der Waals surface area contributed by atoms with Crippen LogP contribution in [-0.2, 0) is 11.8 Å². The predicted molar refractivity (Wildman–Crippen MR) is 85.6 cm³/mol. The van der Waals surface area contributed by atoms with Gasteiger partial charge in [0.2, 0.25) is 0 Å². The minimum Gasteiger partial charge on any atom is -1.00 e. The first-order valence-corrected chi connectivity index (χ1v) is 7.71. The van der Waals surface area contributed by atoms with Crippen molar-refractivity contribution in [2.45, 2.75) is 36.5 Å². The third-order valence-corrected chi connectivity index (χ3v) is 6.15. The molecular formula is C17H21CaNO3. The Balaban J connectivity index is 0.000000694. The van der Waals surface area contributed by atoms with Gasteiger partial charge in [0.1, 0.15) is 12.2 Å². The van der Waals surface area contributed by atoms with Crippen LogP contribution in [-0.4, -0.2) is 84.7 Å². The molecule has 5 heteroatoms. The van der Waals surface area contributed by atoms with Crippen LogP contribution < -0.4 is 4.74 Å².